The Morgan fingerprint density at radius 2 is 0.855 bits per heavy atom. The molecule has 0 amide bonds. The van der Waals surface area contributed by atoms with Crippen LogP contribution in [0, 0.1) is 77.9 Å². The van der Waals surface area contributed by atoms with Gasteiger partial charge in [0.2, 0.25) is 11.6 Å². The Hall–Kier alpha value is -10.9. The van der Waals surface area contributed by atoms with Gasteiger partial charge in [-0.2, -0.15) is 33.7 Å². The zero-order chi connectivity index (χ0) is 86.0. The van der Waals surface area contributed by atoms with E-state index >= 15 is 0 Å². The smallest absolute Gasteiger partial charge is 0.300 e. The highest BCUT2D eigenvalue weighted by atomic mass is 35.5. The molecule has 1 aliphatic carbocycles. The summed E-state index contributed by atoms with van der Waals surface area (Å²) < 4.78 is 252. The number of aryl methyl sites for hydroxylation is 2. The lowest BCUT2D eigenvalue weighted by molar-refractivity contribution is 0.0962. The van der Waals surface area contributed by atoms with Gasteiger partial charge in [0, 0.05) is 40.0 Å². The van der Waals surface area contributed by atoms with Crippen molar-refractivity contribution in [2.24, 2.45) is 5.92 Å². The second-order valence-corrected chi connectivity index (χ2v) is 31.9. The topological polar surface area (TPSA) is 256 Å². The second kappa shape index (κ2) is 43.4. The van der Waals surface area contributed by atoms with Crippen LogP contribution in [0.3, 0.4) is 0 Å². The Labute approximate surface area is 676 Å². The number of hydrogen-bond acceptors (Lipinski definition) is 11. The van der Waals surface area contributed by atoms with Crippen LogP contribution in [0.4, 0.5) is 55.3 Å². The zero-order valence-electron chi connectivity index (χ0n) is 62.8. The summed E-state index contributed by atoms with van der Waals surface area (Å²) in [6.07, 6.45) is 6.85. The van der Waals surface area contributed by atoms with Crippen molar-refractivity contribution in [1.29, 1.82) is 0 Å². The summed E-state index contributed by atoms with van der Waals surface area (Å²) in [7, 11) is -19.5. The lowest BCUT2D eigenvalue weighted by Crippen LogP contribution is -2.11. The van der Waals surface area contributed by atoms with Crippen molar-refractivity contribution in [3.05, 3.63) is 352 Å². The molecular formula is C87H78ClF10NO14S4. The molecule has 0 aromatic heterocycles. The Morgan fingerprint density at radius 1 is 0.436 bits per heavy atom. The quantitative estimate of drug-likeness (QED) is 0.0122. The number of hydrogen-bond donors (Lipinski definition) is 5. The van der Waals surface area contributed by atoms with Crippen molar-refractivity contribution in [2.45, 2.75) is 91.7 Å². The van der Waals surface area contributed by atoms with E-state index in [1.165, 1.54) is 71.7 Å². The number of para-hydroxylation sites is 1. The van der Waals surface area contributed by atoms with Gasteiger partial charge in [-0.25, -0.2) is 43.9 Å². The predicted molar refractivity (Wildman–Crippen MR) is 433 cm³/mol. The Balaban J connectivity index is 0.000000187. The van der Waals surface area contributed by atoms with Gasteiger partial charge in [0.25, 0.3) is 20.2 Å². The minimum absolute atomic E-state index is 0.0502. The number of halogens is 11. The molecule has 0 spiro atoms. The summed E-state index contributed by atoms with van der Waals surface area (Å²) in [6.45, 7) is 9.04. The number of ether oxygens (including phenoxy) is 1. The van der Waals surface area contributed by atoms with Crippen LogP contribution >= 0.6 is 11.6 Å². The van der Waals surface area contributed by atoms with Gasteiger partial charge in [0.1, 0.15) is 10.6 Å². The molecular weight excluding hydrogens is 1640 g/mol. The molecule has 0 radical (unpaired) electrons. The van der Waals surface area contributed by atoms with Crippen molar-refractivity contribution in [2.75, 3.05) is 17.8 Å². The molecule has 616 valence electrons. The fourth-order valence-electron chi connectivity index (χ4n) is 11.4. The van der Waals surface area contributed by atoms with Crippen molar-refractivity contribution < 1.29 is 105 Å². The number of carbonyl (C=O) groups is 1. The summed E-state index contributed by atoms with van der Waals surface area (Å²) in [4.78, 5) is 7.11. The van der Waals surface area contributed by atoms with Crippen molar-refractivity contribution >= 4 is 102 Å². The van der Waals surface area contributed by atoms with Crippen LogP contribution in [0.1, 0.15) is 90.0 Å². The monoisotopic (exact) mass is 1710 g/mol. The van der Waals surface area contributed by atoms with E-state index in [0.29, 0.717) is 28.9 Å². The minimum Gasteiger partial charge on any atom is -0.494 e. The maximum absolute atomic E-state index is 12.6. The molecule has 15 nitrogen and oxygen atoms in total. The number of benzene rings is 13. The van der Waals surface area contributed by atoms with Crippen LogP contribution in [0.15, 0.2) is 280 Å². The van der Waals surface area contributed by atoms with Gasteiger partial charge in [0.05, 0.1) is 11.5 Å². The number of Topliss-reactive ketones (excluding diaryl/α,β-unsaturated/α-hetero) is 1. The van der Waals surface area contributed by atoms with Crippen molar-refractivity contribution in [3.63, 3.8) is 0 Å². The highest BCUT2D eigenvalue weighted by Gasteiger charge is 2.34. The average molecular weight is 1720 g/mol. The second-order valence-electron chi connectivity index (χ2n) is 26.1. The maximum atomic E-state index is 12.6. The lowest BCUT2D eigenvalue weighted by Gasteiger charge is -2.10. The third kappa shape index (κ3) is 27.6. The van der Waals surface area contributed by atoms with Gasteiger partial charge >= 0.3 is 20.2 Å². The molecule has 1 atom stereocenters. The van der Waals surface area contributed by atoms with Gasteiger partial charge in [0.15, 0.2) is 62.1 Å². The Bertz CT molecular complexity index is 5840. The molecule has 0 heterocycles. The highest BCUT2D eigenvalue weighted by molar-refractivity contribution is 7.86. The standard InChI is InChI=1S/C16H13NO3S.C16H18O.C14H10O3S.C13H16O.C9H11Cl.C7H8.2C6HF5O3S/c18-21(19,20)14-10-9-12-5-4-8-16(15(12)11-14)17-13-6-2-1-3-7-13;1-3-17-16-10-8-15(9-11-16)12-14-6-4-13(2)5-7-14;15-18(16,17)14-7-3-6-12-8-10-4-1-2-5-11(10)9-13(12)14;14-13(10-11-6-4-5-7-11)12-8-2-1-3-9-12;1-8(7-10)9-5-3-2-4-6-9;1-7-5-3-2-4-6-7;2*7-1-2(8)4(10)6(15(12,13)14)5(11)3(1)9/h1-11,17H,(H,18,19,20);4-11H,3,12H2,1-2H3;1-9H,(H,15,16,17);1-3,8-9,11H,4-7,10H2;2-6,8H,7H2,1H3;2-6H,1H3;2*(H,12,13,14). The molecule has 1 aliphatic rings. The zero-order valence-corrected chi connectivity index (χ0v) is 66.8. The first-order valence-corrected chi connectivity index (χ1v) is 41.8. The van der Waals surface area contributed by atoms with E-state index in [0.717, 1.165) is 69.1 Å². The fourth-order valence-corrected chi connectivity index (χ4v) is 14.1. The predicted octanol–water partition coefficient (Wildman–Crippen LogP) is 22.8. The van der Waals surface area contributed by atoms with Crippen LogP contribution in [0.5, 0.6) is 5.75 Å². The van der Waals surface area contributed by atoms with Crippen LogP contribution in [-0.4, -0.2) is 70.2 Å². The summed E-state index contributed by atoms with van der Waals surface area (Å²) in [5.41, 5.74) is 9.17. The molecule has 0 bridgehead atoms. The molecule has 117 heavy (non-hydrogen) atoms. The molecule has 0 saturated heterocycles. The third-order valence-electron chi connectivity index (χ3n) is 17.4. The molecule has 13 aromatic carbocycles. The number of rotatable bonds is 15. The third-order valence-corrected chi connectivity index (χ3v) is 21.4. The first-order chi connectivity index (χ1) is 55.3. The van der Waals surface area contributed by atoms with E-state index in [2.05, 4.69) is 86.8 Å². The first-order valence-electron chi connectivity index (χ1n) is 35.5. The maximum Gasteiger partial charge on any atom is 0.300 e. The summed E-state index contributed by atoms with van der Waals surface area (Å²) in [5.74, 6) is -22.1. The number of fused-ring (bicyclic) bond motifs is 3. The molecule has 5 N–H and O–H groups in total. The summed E-state index contributed by atoms with van der Waals surface area (Å²) in [6, 6.07) is 83.3. The van der Waals surface area contributed by atoms with Crippen LogP contribution in [0.2, 0.25) is 0 Å². The molecule has 14 rings (SSSR count). The SMILES string of the molecule is CC(CCl)c1ccccc1.CCOc1ccc(Cc2ccc(C)cc2)cc1.Cc1ccccc1.O=C(CC1CCCC1)c1ccccc1.O=S(=O)(O)c1c(F)c(F)c(F)c(F)c1F.O=S(=O)(O)c1c(F)c(F)c(F)c(F)c1F.O=S(=O)(O)c1ccc2cccc(Nc3ccccc3)c2c1.O=S(=O)(O)c1cccc2cc3ccccc3cc12. The number of anilines is 2. The first kappa shape index (κ1) is 93.3. The lowest BCUT2D eigenvalue weighted by atomic mass is 9.97. The molecule has 30 heteroatoms. The number of carbonyl (C=O) groups excluding carboxylic acids is 1. The average Bonchev–Trinajstić information content (AvgIpc) is 1.11. The van der Waals surface area contributed by atoms with Gasteiger partial charge < -0.3 is 10.1 Å². The number of alkyl halides is 1. The van der Waals surface area contributed by atoms with Crippen LogP contribution in [0.25, 0.3) is 32.3 Å². The van der Waals surface area contributed by atoms with Crippen molar-refractivity contribution in [1.82, 2.24) is 0 Å². The van der Waals surface area contributed by atoms with Crippen LogP contribution in [-0.2, 0) is 46.9 Å². The van der Waals surface area contributed by atoms with E-state index in [-0.39, 0.29) is 9.79 Å². The van der Waals surface area contributed by atoms with Crippen molar-refractivity contribution in [3.8, 4) is 5.75 Å². The molecule has 1 saturated carbocycles. The minimum atomic E-state index is -5.52. The Morgan fingerprint density at radius 3 is 1.31 bits per heavy atom. The number of nitrogens with one attached hydrogen (secondary N) is 1. The summed E-state index contributed by atoms with van der Waals surface area (Å²) >= 11 is 5.69. The van der Waals surface area contributed by atoms with E-state index < -0.39 is 108 Å². The summed E-state index contributed by atoms with van der Waals surface area (Å²) in [5, 5.41) is 8.19. The fraction of sp³-hybridized carbons (Fsp3) is 0.161. The van der Waals surface area contributed by atoms with Gasteiger partial charge in [-0.05, 0) is 138 Å². The normalized spacial score (nSPS) is 12.1. The van der Waals surface area contributed by atoms with E-state index in [4.69, 9.17) is 25.4 Å². The van der Waals surface area contributed by atoms with Gasteiger partial charge in [-0.15, -0.1) is 11.6 Å². The largest absolute Gasteiger partial charge is 0.494 e. The molecule has 1 fully saturated rings. The van der Waals surface area contributed by atoms with Crippen LogP contribution < -0.4 is 10.1 Å². The number of ketones is 1. The van der Waals surface area contributed by atoms with E-state index in [1.54, 1.807) is 18.2 Å². The Kier molecular flexibility index (Phi) is 34.6. The molecule has 1 unspecified atom stereocenters. The van der Waals surface area contributed by atoms with E-state index in [9.17, 15) is 91.5 Å². The van der Waals surface area contributed by atoms with Gasteiger partial charge in [-0.1, -0.05) is 244 Å². The van der Waals surface area contributed by atoms with Gasteiger partial charge in [-0.3, -0.25) is 23.0 Å². The molecule has 13 aromatic rings. The highest BCUT2D eigenvalue weighted by Crippen LogP contribution is 2.33. The molecule has 0 aliphatic heterocycles. The van der Waals surface area contributed by atoms with E-state index in [1.807, 2.05) is 171 Å².